The van der Waals surface area contributed by atoms with Crippen molar-refractivity contribution in [2.24, 2.45) is 0 Å². The minimum absolute atomic E-state index is 0.161. The first kappa shape index (κ1) is 18.4. The Morgan fingerprint density at radius 2 is 1.78 bits per heavy atom. The molecule has 2 amide bonds. The van der Waals surface area contributed by atoms with E-state index in [1.165, 1.54) is 0 Å². The Labute approximate surface area is 157 Å². The average Bonchev–Trinajstić information content (AvgIpc) is 3.08. The molecule has 0 unspecified atom stereocenters. The molecule has 0 aliphatic rings. The molecule has 1 aromatic heterocycles. The summed E-state index contributed by atoms with van der Waals surface area (Å²) < 4.78 is 5.04. The zero-order chi connectivity index (χ0) is 19.4. The zero-order valence-corrected chi connectivity index (χ0v) is 15.5. The van der Waals surface area contributed by atoms with Crippen LogP contribution in [0.5, 0.6) is 0 Å². The third-order valence-corrected chi connectivity index (χ3v) is 4.19. The van der Waals surface area contributed by atoms with Crippen LogP contribution in [-0.4, -0.2) is 28.9 Å². The lowest BCUT2D eigenvalue weighted by atomic mass is 10.1. The summed E-state index contributed by atoms with van der Waals surface area (Å²) in [6, 6.07) is 16.0. The quantitative estimate of drug-likeness (QED) is 0.748. The first-order valence-corrected chi connectivity index (χ1v) is 8.59. The van der Waals surface area contributed by atoms with Crippen molar-refractivity contribution in [2.75, 3.05) is 12.4 Å². The number of carbonyl (C=O) groups is 2. The maximum atomic E-state index is 12.7. The van der Waals surface area contributed by atoms with E-state index in [1.54, 1.807) is 49.2 Å². The van der Waals surface area contributed by atoms with E-state index in [4.69, 9.17) is 4.52 Å². The normalized spacial score (nSPS) is 10.5. The van der Waals surface area contributed by atoms with E-state index < -0.39 is 0 Å². The molecule has 0 aliphatic heterocycles. The molecule has 3 rings (SSSR count). The van der Waals surface area contributed by atoms with Crippen molar-refractivity contribution >= 4 is 17.5 Å². The summed E-state index contributed by atoms with van der Waals surface area (Å²) in [6.45, 7) is 4.03. The second-order valence-corrected chi connectivity index (χ2v) is 6.44. The second-order valence-electron chi connectivity index (χ2n) is 6.44. The summed E-state index contributed by atoms with van der Waals surface area (Å²) in [6.07, 6.45) is 0. The van der Waals surface area contributed by atoms with Gasteiger partial charge in [-0.1, -0.05) is 29.4 Å². The van der Waals surface area contributed by atoms with Gasteiger partial charge in [0.15, 0.2) is 0 Å². The Hall–Kier alpha value is -3.41. The van der Waals surface area contributed by atoms with Crippen molar-refractivity contribution in [3.05, 3.63) is 82.7 Å². The highest BCUT2D eigenvalue weighted by atomic mass is 16.5. The minimum Gasteiger partial charge on any atom is -0.361 e. The summed E-state index contributed by atoms with van der Waals surface area (Å²) >= 11 is 0. The lowest BCUT2D eigenvalue weighted by molar-refractivity contribution is 0.0782. The predicted molar refractivity (Wildman–Crippen MR) is 103 cm³/mol. The highest BCUT2D eigenvalue weighted by Crippen LogP contribution is 2.19. The molecule has 1 N–H and O–H groups in total. The van der Waals surface area contributed by atoms with Gasteiger partial charge in [-0.15, -0.1) is 0 Å². The molecule has 0 aliphatic carbocycles. The minimum atomic E-state index is -0.213. The average molecular weight is 363 g/mol. The topological polar surface area (TPSA) is 75.4 Å². The van der Waals surface area contributed by atoms with Gasteiger partial charge in [0.05, 0.1) is 6.54 Å². The van der Waals surface area contributed by atoms with Gasteiger partial charge in [-0.3, -0.25) is 9.59 Å². The van der Waals surface area contributed by atoms with Crippen LogP contribution in [0.25, 0.3) is 0 Å². The van der Waals surface area contributed by atoms with Gasteiger partial charge in [-0.2, -0.15) is 0 Å². The summed E-state index contributed by atoms with van der Waals surface area (Å²) in [5.74, 6) is 0.327. The highest BCUT2D eigenvalue weighted by molar-refractivity contribution is 6.05. The van der Waals surface area contributed by atoms with Crippen LogP contribution in [-0.2, 0) is 6.54 Å². The van der Waals surface area contributed by atoms with Gasteiger partial charge < -0.3 is 14.7 Å². The summed E-state index contributed by atoms with van der Waals surface area (Å²) in [4.78, 5) is 26.7. The Morgan fingerprint density at radius 1 is 1.04 bits per heavy atom. The largest absolute Gasteiger partial charge is 0.361 e. The molecule has 0 radical (unpaired) electrons. The molecule has 6 nitrogen and oxygen atoms in total. The number of rotatable bonds is 5. The van der Waals surface area contributed by atoms with E-state index in [0.717, 1.165) is 5.56 Å². The lowest BCUT2D eigenvalue weighted by Crippen LogP contribution is -2.26. The fourth-order valence-electron chi connectivity index (χ4n) is 2.70. The number of nitrogens with one attached hydrogen (secondary N) is 1. The summed E-state index contributed by atoms with van der Waals surface area (Å²) in [7, 11) is 1.70. The van der Waals surface area contributed by atoms with Gasteiger partial charge >= 0.3 is 0 Å². The van der Waals surface area contributed by atoms with Crippen molar-refractivity contribution in [1.82, 2.24) is 10.1 Å². The van der Waals surface area contributed by atoms with Crippen molar-refractivity contribution in [3.8, 4) is 0 Å². The second kappa shape index (κ2) is 7.86. The number of hydrogen-bond acceptors (Lipinski definition) is 4. The van der Waals surface area contributed by atoms with E-state index in [2.05, 4.69) is 10.5 Å². The molecule has 0 atom stereocenters. The third-order valence-electron chi connectivity index (χ3n) is 4.19. The van der Waals surface area contributed by atoms with Gasteiger partial charge in [0, 0.05) is 29.9 Å². The molecule has 0 saturated heterocycles. The van der Waals surface area contributed by atoms with Crippen LogP contribution >= 0.6 is 0 Å². The number of anilines is 1. The van der Waals surface area contributed by atoms with Gasteiger partial charge in [-0.05, 0) is 43.7 Å². The van der Waals surface area contributed by atoms with Gasteiger partial charge in [-0.25, -0.2) is 0 Å². The van der Waals surface area contributed by atoms with Gasteiger partial charge in [0.2, 0.25) is 0 Å². The van der Waals surface area contributed by atoms with Crippen LogP contribution in [0.2, 0.25) is 0 Å². The molecule has 27 heavy (non-hydrogen) atoms. The highest BCUT2D eigenvalue weighted by Gasteiger charge is 2.16. The number of amides is 2. The van der Waals surface area contributed by atoms with Crippen molar-refractivity contribution in [3.63, 3.8) is 0 Å². The van der Waals surface area contributed by atoms with Crippen molar-refractivity contribution in [2.45, 2.75) is 20.4 Å². The number of aryl methyl sites for hydroxylation is 2. The smallest absolute Gasteiger partial charge is 0.255 e. The first-order valence-electron chi connectivity index (χ1n) is 8.59. The van der Waals surface area contributed by atoms with Crippen LogP contribution in [0.1, 0.15) is 37.7 Å². The van der Waals surface area contributed by atoms with Crippen molar-refractivity contribution in [1.29, 1.82) is 0 Å². The zero-order valence-electron chi connectivity index (χ0n) is 15.5. The molecule has 2 aromatic carbocycles. The lowest BCUT2D eigenvalue weighted by Gasteiger charge is -2.17. The third kappa shape index (κ3) is 4.41. The number of hydrogen-bond donors (Lipinski definition) is 1. The van der Waals surface area contributed by atoms with E-state index >= 15 is 0 Å². The Bertz CT molecular complexity index is 964. The SMILES string of the molecule is Cc1cc(CN(C)C(=O)c2ccc(C)c(NC(=O)c3ccccc3)c2)no1. The van der Waals surface area contributed by atoms with E-state index in [9.17, 15) is 9.59 Å². The predicted octanol–water partition coefficient (Wildman–Crippen LogP) is 3.82. The first-order chi connectivity index (χ1) is 12.9. The summed E-state index contributed by atoms with van der Waals surface area (Å²) in [5.41, 5.74) is 3.23. The van der Waals surface area contributed by atoms with Crippen LogP contribution in [0, 0.1) is 13.8 Å². The molecule has 3 aromatic rings. The molecule has 1 heterocycles. The van der Waals surface area contributed by atoms with Gasteiger partial charge in [0.1, 0.15) is 11.5 Å². The fraction of sp³-hybridized carbons (Fsp3) is 0.190. The van der Waals surface area contributed by atoms with Crippen LogP contribution in [0.15, 0.2) is 59.1 Å². The molecule has 138 valence electrons. The standard InChI is InChI=1S/C21H21N3O3/c1-14-9-10-17(21(26)24(3)13-18-11-15(2)27-23-18)12-19(14)22-20(25)16-7-5-4-6-8-16/h4-12H,13H2,1-3H3,(H,22,25). The summed E-state index contributed by atoms with van der Waals surface area (Å²) in [5, 5.41) is 6.79. The Morgan fingerprint density at radius 3 is 2.44 bits per heavy atom. The fourth-order valence-corrected chi connectivity index (χ4v) is 2.70. The number of nitrogens with zero attached hydrogens (tertiary/aromatic N) is 2. The molecular formula is C21H21N3O3. The molecule has 0 spiro atoms. The van der Waals surface area contributed by atoms with E-state index in [-0.39, 0.29) is 11.8 Å². The number of carbonyl (C=O) groups excluding carboxylic acids is 2. The molecule has 6 heteroatoms. The van der Waals surface area contributed by atoms with E-state index in [1.807, 2.05) is 31.2 Å². The van der Waals surface area contributed by atoms with Crippen LogP contribution in [0.3, 0.4) is 0 Å². The van der Waals surface area contributed by atoms with Crippen LogP contribution in [0.4, 0.5) is 5.69 Å². The maximum absolute atomic E-state index is 12.7. The monoisotopic (exact) mass is 363 g/mol. The maximum Gasteiger partial charge on any atom is 0.255 e. The molecule has 0 saturated carbocycles. The Balaban J connectivity index is 1.75. The molecular weight excluding hydrogens is 342 g/mol. The van der Waals surface area contributed by atoms with Crippen LogP contribution < -0.4 is 5.32 Å². The molecule has 0 fully saturated rings. The van der Waals surface area contributed by atoms with E-state index in [0.29, 0.717) is 34.8 Å². The number of benzene rings is 2. The Kier molecular flexibility index (Phi) is 5.35. The van der Waals surface area contributed by atoms with Gasteiger partial charge in [0.25, 0.3) is 11.8 Å². The number of aromatic nitrogens is 1. The van der Waals surface area contributed by atoms with Crippen molar-refractivity contribution < 1.29 is 14.1 Å². The molecule has 0 bridgehead atoms.